The van der Waals surface area contributed by atoms with Crippen molar-refractivity contribution in [3.05, 3.63) is 48.6 Å². The van der Waals surface area contributed by atoms with Crippen LogP contribution < -0.4 is 12.4 Å². The highest BCUT2D eigenvalue weighted by molar-refractivity contribution is 5.14. The van der Waals surface area contributed by atoms with Crippen molar-refractivity contribution in [2.24, 2.45) is 0 Å². The molecule has 0 fully saturated rings. The summed E-state index contributed by atoms with van der Waals surface area (Å²) in [7, 11) is 4.51. The molecule has 0 spiro atoms. The molecule has 0 aliphatic rings. The average molecular weight is 240 g/mol. The molecule has 1 nitrogen and oxygen atoms in total. The SMILES string of the molecule is C=CC[N+](C)(C)CCCc1ccccc1.[Cl-]. The molecule has 90 valence electrons. The second kappa shape index (κ2) is 7.48. The summed E-state index contributed by atoms with van der Waals surface area (Å²) in [6.45, 7) is 6.06. The molecule has 0 aliphatic carbocycles. The molecule has 0 bridgehead atoms. The predicted octanol–water partition coefficient (Wildman–Crippen LogP) is -0.114. The van der Waals surface area contributed by atoms with Crippen LogP contribution in [0, 0.1) is 0 Å². The maximum atomic E-state index is 3.80. The van der Waals surface area contributed by atoms with Gasteiger partial charge in [-0.05, 0) is 18.1 Å². The summed E-state index contributed by atoms with van der Waals surface area (Å²) in [6, 6.07) is 10.7. The Labute approximate surface area is 106 Å². The van der Waals surface area contributed by atoms with Gasteiger partial charge in [0, 0.05) is 6.42 Å². The van der Waals surface area contributed by atoms with E-state index < -0.39 is 0 Å². The Kier molecular flexibility index (Phi) is 7.11. The quantitative estimate of drug-likeness (QED) is 0.480. The molecule has 0 heterocycles. The van der Waals surface area contributed by atoms with E-state index in [2.05, 4.69) is 51.0 Å². The Balaban J connectivity index is 0.00000225. The van der Waals surface area contributed by atoms with Gasteiger partial charge >= 0.3 is 0 Å². The van der Waals surface area contributed by atoms with Gasteiger partial charge in [-0.3, -0.25) is 0 Å². The lowest BCUT2D eigenvalue weighted by atomic mass is 10.1. The zero-order valence-electron chi connectivity index (χ0n) is 10.3. The Morgan fingerprint density at radius 3 is 2.38 bits per heavy atom. The van der Waals surface area contributed by atoms with Crippen molar-refractivity contribution in [2.45, 2.75) is 12.8 Å². The Morgan fingerprint density at radius 2 is 1.81 bits per heavy atom. The van der Waals surface area contributed by atoms with Gasteiger partial charge in [-0.2, -0.15) is 0 Å². The molecule has 0 saturated heterocycles. The number of benzene rings is 1. The molecule has 0 saturated carbocycles. The molecular weight excluding hydrogens is 218 g/mol. The molecule has 0 aromatic heterocycles. The lowest BCUT2D eigenvalue weighted by Crippen LogP contribution is -3.00. The van der Waals surface area contributed by atoms with E-state index in [1.54, 1.807) is 0 Å². The molecule has 1 aromatic carbocycles. The fraction of sp³-hybridized carbons (Fsp3) is 0.429. The van der Waals surface area contributed by atoms with Crippen LogP contribution in [-0.4, -0.2) is 31.7 Å². The van der Waals surface area contributed by atoms with Crippen LogP contribution in [0.2, 0.25) is 0 Å². The van der Waals surface area contributed by atoms with E-state index in [1.807, 2.05) is 6.08 Å². The van der Waals surface area contributed by atoms with Crippen LogP contribution in [0.15, 0.2) is 43.0 Å². The number of likely N-dealkylation sites (N-methyl/N-ethyl adjacent to an activating group) is 1. The van der Waals surface area contributed by atoms with Crippen LogP contribution in [0.1, 0.15) is 12.0 Å². The van der Waals surface area contributed by atoms with Crippen molar-refractivity contribution in [3.8, 4) is 0 Å². The Bertz CT molecular complexity index is 293. The van der Waals surface area contributed by atoms with Crippen molar-refractivity contribution in [3.63, 3.8) is 0 Å². The van der Waals surface area contributed by atoms with Crippen molar-refractivity contribution in [1.29, 1.82) is 0 Å². The first-order valence-electron chi connectivity index (χ1n) is 5.61. The molecule has 1 rings (SSSR count). The fourth-order valence-corrected chi connectivity index (χ4v) is 1.80. The summed E-state index contributed by atoms with van der Waals surface area (Å²) in [5.74, 6) is 0. The topological polar surface area (TPSA) is 0 Å². The normalized spacial score (nSPS) is 10.6. The minimum absolute atomic E-state index is 0. The van der Waals surface area contributed by atoms with Gasteiger partial charge in [0.15, 0.2) is 0 Å². The third-order valence-corrected chi connectivity index (χ3v) is 2.70. The lowest BCUT2D eigenvalue weighted by molar-refractivity contribution is -0.884. The van der Waals surface area contributed by atoms with Crippen LogP contribution >= 0.6 is 0 Å². The third-order valence-electron chi connectivity index (χ3n) is 2.70. The van der Waals surface area contributed by atoms with Gasteiger partial charge in [-0.1, -0.05) is 36.9 Å². The van der Waals surface area contributed by atoms with E-state index in [4.69, 9.17) is 0 Å². The highest BCUT2D eigenvalue weighted by Crippen LogP contribution is 2.06. The third kappa shape index (κ3) is 5.94. The number of halogens is 1. The minimum atomic E-state index is 0. The lowest BCUT2D eigenvalue weighted by Gasteiger charge is -2.28. The van der Waals surface area contributed by atoms with E-state index >= 15 is 0 Å². The maximum absolute atomic E-state index is 3.80. The highest BCUT2D eigenvalue weighted by atomic mass is 35.5. The summed E-state index contributed by atoms with van der Waals surface area (Å²) in [5.41, 5.74) is 1.44. The zero-order chi connectivity index (χ0) is 11.1. The van der Waals surface area contributed by atoms with E-state index in [1.165, 1.54) is 24.9 Å². The van der Waals surface area contributed by atoms with Gasteiger partial charge in [-0.15, -0.1) is 0 Å². The monoisotopic (exact) mass is 239 g/mol. The number of rotatable bonds is 6. The van der Waals surface area contributed by atoms with E-state index in [0.717, 1.165) is 11.0 Å². The first kappa shape index (κ1) is 15.2. The van der Waals surface area contributed by atoms with Gasteiger partial charge in [0.05, 0.1) is 27.2 Å². The van der Waals surface area contributed by atoms with Crippen molar-refractivity contribution >= 4 is 0 Å². The second-order valence-corrected chi connectivity index (χ2v) is 4.72. The number of hydrogen-bond acceptors (Lipinski definition) is 0. The van der Waals surface area contributed by atoms with Crippen LogP contribution in [-0.2, 0) is 6.42 Å². The van der Waals surface area contributed by atoms with Gasteiger partial charge in [0.2, 0.25) is 0 Å². The highest BCUT2D eigenvalue weighted by Gasteiger charge is 2.11. The molecule has 0 amide bonds. The van der Waals surface area contributed by atoms with Crippen molar-refractivity contribution in [2.75, 3.05) is 27.2 Å². The van der Waals surface area contributed by atoms with Crippen LogP contribution in [0.5, 0.6) is 0 Å². The zero-order valence-corrected chi connectivity index (χ0v) is 11.1. The predicted molar refractivity (Wildman–Crippen MR) is 66.8 cm³/mol. The smallest absolute Gasteiger partial charge is 0.0966 e. The molecular formula is C14H22ClN. The molecule has 2 heteroatoms. The van der Waals surface area contributed by atoms with Crippen LogP contribution in [0.3, 0.4) is 0 Å². The summed E-state index contributed by atoms with van der Waals surface area (Å²) >= 11 is 0. The van der Waals surface area contributed by atoms with E-state index in [9.17, 15) is 0 Å². The molecule has 0 aliphatic heterocycles. The maximum Gasteiger partial charge on any atom is 0.0966 e. The average Bonchev–Trinajstić information content (AvgIpc) is 2.19. The number of quaternary nitrogens is 1. The van der Waals surface area contributed by atoms with Gasteiger partial charge < -0.3 is 16.9 Å². The largest absolute Gasteiger partial charge is 1.00 e. The summed E-state index contributed by atoms with van der Waals surface area (Å²) < 4.78 is 1.04. The molecule has 0 N–H and O–H groups in total. The summed E-state index contributed by atoms with van der Waals surface area (Å²) in [6.07, 6.45) is 4.42. The summed E-state index contributed by atoms with van der Waals surface area (Å²) in [4.78, 5) is 0. The number of hydrogen-bond donors (Lipinski definition) is 0. The Hall–Kier alpha value is -0.790. The summed E-state index contributed by atoms with van der Waals surface area (Å²) in [5, 5.41) is 0. The minimum Gasteiger partial charge on any atom is -1.00 e. The molecule has 0 radical (unpaired) electrons. The number of aryl methyl sites for hydroxylation is 1. The van der Waals surface area contributed by atoms with Crippen molar-refractivity contribution < 1.29 is 16.9 Å². The van der Waals surface area contributed by atoms with Gasteiger partial charge in [-0.25, -0.2) is 0 Å². The van der Waals surface area contributed by atoms with E-state index in [-0.39, 0.29) is 12.4 Å². The second-order valence-electron chi connectivity index (χ2n) is 4.72. The molecule has 0 atom stereocenters. The van der Waals surface area contributed by atoms with Gasteiger partial charge in [0.1, 0.15) is 0 Å². The van der Waals surface area contributed by atoms with Gasteiger partial charge in [0.25, 0.3) is 0 Å². The van der Waals surface area contributed by atoms with Crippen LogP contribution in [0.4, 0.5) is 0 Å². The first-order valence-corrected chi connectivity index (χ1v) is 5.61. The van der Waals surface area contributed by atoms with E-state index in [0.29, 0.717) is 0 Å². The standard InChI is InChI=1S/C14H22N.ClH/c1-4-12-15(2,3)13-8-11-14-9-6-5-7-10-14;/h4-7,9-10H,1,8,11-13H2,2-3H3;1H/q+1;/p-1. The molecule has 0 unspecified atom stereocenters. The van der Waals surface area contributed by atoms with Crippen molar-refractivity contribution in [1.82, 2.24) is 0 Å². The molecule has 16 heavy (non-hydrogen) atoms. The molecule has 1 aromatic rings. The Morgan fingerprint density at radius 1 is 1.19 bits per heavy atom. The number of nitrogens with zero attached hydrogens (tertiary/aromatic N) is 1. The fourth-order valence-electron chi connectivity index (χ4n) is 1.80. The van der Waals surface area contributed by atoms with Crippen LogP contribution in [0.25, 0.3) is 0 Å². The first-order chi connectivity index (χ1) is 7.14.